The zero-order chi connectivity index (χ0) is 10.2. The molecule has 0 aromatic heterocycles. The van der Waals surface area contributed by atoms with E-state index >= 15 is 0 Å². The van der Waals surface area contributed by atoms with Gasteiger partial charge in [-0.1, -0.05) is 32.9 Å². The molecule has 0 rings (SSSR count). The van der Waals surface area contributed by atoms with Crippen LogP contribution in [-0.2, 0) is 4.43 Å². The van der Waals surface area contributed by atoms with Crippen molar-refractivity contribution in [1.82, 2.24) is 0 Å². The molecule has 0 aliphatic rings. The molecule has 2 heteroatoms. The van der Waals surface area contributed by atoms with E-state index in [4.69, 9.17) is 4.43 Å². The van der Waals surface area contributed by atoms with E-state index < -0.39 is 8.32 Å². The zero-order valence-corrected chi connectivity index (χ0v) is 10.6. The van der Waals surface area contributed by atoms with Crippen LogP contribution in [0.15, 0.2) is 12.2 Å². The highest BCUT2D eigenvalue weighted by Crippen LogP contribution is 2.21. The zero-order valence-electron chi connectivity index (χ0n) is 9.60. The summed E-state index contributed by atoms with van der Waals surface area (Å²) >= 11 is 0. The first-order chi connectivity index (χ1) is 6.24. The van der Waals surface area contributed by atoms with Crippen LogP contribution in [0.5, 0.6) is 0 Å². The van der Waals surface area contributed by atoms with Gasteiger partial charge < -0.3 is 4.43 Å². The first kappa shape index (κ1) is 12.9. The Balaban J connectivity index is 3.81. The third-order valence-corrected chi connectivity index (χ3v) is 7.54. The van der Waals surface area contributed by atoms with Crippen LogP contribution in [0.4, 0.5) is 0 Å². The van der Waals surface area contributed by atoms with E-state index in [1.807, 2.05) is 0 Å². The molecule has 78 valence electrons. The third kappa shape index (κ3) is 4.63. The van der Waals surface area contributed by atoms with Gasteiger partial charge in [-0.2, -0.15) is 0 Å². The van der Waals surface area contributed by atoms with Crippen LogP contribution < -0.4 is 0 Å². The average Bonchev–Trinajstić information content (AvgIpc) is 2.20. The summed E-state index contributed by atoms with van der Waals surface area (Å²) in [5.74, 6) is 0. The maximum absolute atomic E-state index is 6.07. The summed E-state index contributed by atoms with van der Waals surface area (Å²) in [4.78, 5) is 0. The van der Waals surface area contributed by atoms with Gasteiger partial charge in [-0.25, -0.2) is 0 Å². The molecule has 0 unspecified atom stereocenters. The second-order valence-electron chi connectivity index (χ2n) is 3.45. The van der Waals surface area contributed by atoms with Crippen LogP contribution in [0.3, 0.4) is 0 Å². The van der Waals surface area contributed by atoms with Gasteiger partial charge in [0.15, 0.2) is 8.32 Å². The second-order valence-corrected chi connectivity index (χ2v) is 8.23. The first-order valence-electron chi connectivity index (χ1n) is 5.49. The second kappa shape index (κ2) is 7.33. The van der Waals surface area contributed by atoms with Crippen molar-refractivity contribution in [3.05, 3.63) is 12.2 Å². The van der Waals surface area contributed by atoms with Gasteiger partial charge in [-0.05, 0) is 31.5 Å². The molecule has 0 fully saturated rings. The van der Waals surface area contributed by atoms with Gasteiger partial charge in [-0.15, -0.1) is 0 Å². The average molecular weight is 200 g/mol. The minimum atomic E-state index is -1.30. The Labute approximate surface area is 84.3 Å². The molecule has 0 amide bonds. The van der Waals surface area contributed by atoms with E-state index in [-0.39, 0.29) is 0 Å². The van der Waals surface area contributed by atoms with E-state index in [1.54, 1.807) is 0 Å². The molecule has 0 radical (unpaired) electrons. The first-order valence-corrected chi connectivity index (χ1v) is 8.02. The highest BCUT2D eigenvalue weighted by Gasteiger charge is 2.27. The van der Waals surface area contributed by atoms with Crippen LogP contribution in [0, 0.1) is 0 Å². The van der Waals surface area contributed by atoms with Crippen LogP contribution in [0.1, 0.15) is 34.1 Å². The van der Waals surface area contributed by atoms with Crippen LogP contribution in [0.2, 0.25) is 18.1 Å². The van der Waals surface area contributed by atoms with E-state index in [0.29, 0.717) is 0 Å². The molecule has 0 bridgehead atoms. The highest BCUT2D eigenvalue weighted by atomic mass is 28.4. The van der Waals surface area contributed by atoms with Crippen molar-refractivity contribution in [2.24, 2.45) is 0 Å². The Bertz CT molecular complexity index is 131. The minimum Gasteiger partial charge on any atom is -0.417 e. The topological polar surface area (TPSA) is 9.23 Å². The molecule has 0 aliphatic heterocycles. The molecule has 0 saturated carbocycles. The lowest BCUT2D eigenvalue weighted by molar-refractivity contribution is 0.306. The van der Waals surface area contributed by atoms with Crippen LogP contribution in [0.25, 0.3) is 0 Å². The Morgan fingerprint density at radius 2 is 1.62 bits per heavy atom. The van der Waals surface area contributed by atoms with Gasteiger partial charge in [0.2, 0.25) is 0 Å². The monoisotopic (exact) mass is 200 g/mol. The fraction of sp³-hybridized carbons (Fsp3) is 0.818. The van der Waals surface area contributed by atoms with Crippen molar-refractivity contribution >= 4 is 8.32 Å². The van der Waals surface area contributed by atoms with Crippen molar-refractivity contribution in [3.8, 4) is 0 Å². The van der Waals surface area contributed by atoms with Crippen LogP contribution in [-0.4, -0.2) is 14.9 Å². The largest absolute Gasteiger partial charge is 0.417 e. The van der Waals surface area contributed by atoms with E-state index in [9.17, 15) is 0 Å². The van der Waals surface area contributed by atoms with Gasteiger partial charge >= 0.3 is 0 Å². The number of hydrogen-bond donors (Lipinski definition) is 0. The Kier molecular flexibility index (Phi) is 7.29. The maximum atomic E-state index is 6.07. The molecule has 0 N–H and O–H groups in total. The molecule has 0 spiro atoms. The van der Waals surface area contributed by atoms with Gasteiger partial charge in [-0.3, -0.25) is 0 Å². The van der Waals surface area contributed by atoms with Crippen molar-refractivity contribution in [3.63, 3.8) is 0 Å². The summed E-state index contributed by atoms with van der Waals surface area (Å²) in [5, 5.41) is 0. The van der Waals surface area contributed by atoms with E-state index in [0.717, 1.165) is 13.0 Å². The third-order valence-electron chi connectivity index (χ3n) is 2.86. The summed E-state index contributed by atoms with van der Waals surface area (Å²) in [7, 11) is -1.30. The van der Waals surface area contributed by atoms with Crippen molar-refractivity contribution in [1.29, 1.82) is 0 Å². The smallest absolute Gasteiger partial charge is 0.191 e. The summed E-state index contributed by atoms with van der Waals surface area (Å²) < 4.78 is 6.07. The summed E-state index contributed by atoms with van der Waals surface area (Å²) in [6.45, 7) is 9.80. The highest BCUT2D eigenvalue weighted by molar-refractivity contribution is 6.73. The molecule has 0 saturated heterocycles. The molecular formula is C11H24OSi. The molecule has 0 aromatic rings. The summed E-state index contributed by atoms with van der Waals surface area (Å²) in [6.07, 6.45) is 5.35. The van der Waals surface area contributed by atoms with Gasteiger partial charge in [0.25, 0.3) is 0 Å². The summed E-state index contributed by atoms with van der Waals surface area (Å²) in [6, 6.07) is 3.78. The fourth-order valence-corrected chi connectivity index (χ4v) is 4.23. The number of rotatable bonds is 7. The Hall–Kier alpha value is -0.0831. The van der Waals surface area contributed by atoms with Crippen molar-refractivity contribution < 1.29 is 4.43 Å². The van der Waals surface area contributed by atoms with Crippen LogP contribution >= 0.6 is 0 Å². The lowest BCUT2D eigenvalue weighted by Crippen LogP contribution is -2.35. The fourth-order valence-electron chi connectivity index (χ4n) is 1.57. The number of allylic oxidation sites excluding steroid dienone is 1. The maximum Gasteiger partial charge on any atom is 0.191 e. The van der Waals surface area contributed by atoms with Gasteiger partial charge in [0.05, 0.1) is 0 Å². The lowest BCUT2D eigenvalue weighted by Gasteiger charge is -2.27. The van der Waals surface area contributed by atoms with Gasteiger partial charge in [0, 0.05) is 6.61 Å². The lowest BCUT2D eigenvalue weighted by atomic mass is 10.4. The molecule has 0 atom stereocenters. The molecule has 0 aromatic carbocycles. The van der Waals surface area contributed by atoms with Crippen molar-refractivity contribution in [2.45, 2.75) is 52.2 Å². The predicted molar refractivity (Wildman–Crippen MR) is 62.6 cm³/mol. The standard InChI is InChI=1S/C11H24OSi/c1-5-9-10-11-12-13(6-2,7-3)8-4/h5,9H,6-8,10-11H2,1-4H3. The van der Waals surface area contributed by atoms with Crippen molar-refractivity contribution in [2.75, 3.05) is 6.61 Å². The van der Waals surface area contributed by atoms with E-state index in [2.05, 4.69) is 39.8 Å². The molecule has 0 heterocycles. The molecular weight excluding hydrogens is 176 g/mol. The predicted octanol–water partition coefficient (Wildman–Crippen LogP) is 3.97. The Morgan fingerprint density at radius 3 is 2.00 bits per heavy atom. The van der Waals surface area contributed by atoms with Gasteiger partial charge in [0.1, 0.15) is 0 Å². The number of hydrogen-bond acceptors (Lipinski definition) is 1. The minimum absolute atomic E-state index is 0.923. The molecule has 13 heavy (non-hydrogen) atoms. The normalized spacial score (nSPS) is 12.6. The molecule has 0 aliphatic carbocycles. The summed E-state index contributed by atoms with van der Waals surface area (Å²) in [5.41, 5.74) is 0. The van der Waals surface area contributed by atoms with E-state index in [1.165, 1.54) is 18.1 Å². The Morgan fingerprint density at radius 1 is 1.08 bits per heavy atom. The molecule has 1 nitrogen and oxygen atoms in total. The quantitative estimate of drug-likeness (QED) is 0.343. The SMILES string of the molecule is CC=CCCO[Si](CC)(CC)CC.